The first-order chi connectivity index (χ1) is 10.0. The monoisotopic (exact) mass is 287 g/mol. The van der Waals surface area contributed by atoms with Crippen LogP contribution < -0.4 is 5.32 Å². The molecule has 0 aliphatic carbocycles. The Morgan fingerprint density at radius 1 is 1.14 bits per heavy atom. The Hall–Kier alpha value is -2.36. The second-order valence-corrected chi connectivity index (χ2v) is 5.09. The zero-order valence-electron chi connectivity index (χ0n) is 12.3. The molecule has 4 heteroatoms. The quantitative estimate of drug-likeness (QED) is 0.881. The van der Waals surface area contributed by atoms with Crippen molar-refractivity contribution in [3.8, 4) is 11.1 Å². The van der Waals surface area contributed by atoms with E-state index in [0.717, 1.165) is 11.1 Å². The predicted molar refractivity (Wildman–Crippen MR) is 82.0 cm³/mol. The van der Waals surface area contributed by atoms with E-state index in [1.54, 1.807) is 30.3 Å². The molecule has 0 unspecified atom stereocenters. The van der Waals surface area contributed by atoms with Crippen LogP contribution in [0.3, 0.4) is 0 Å². The molecule has 1 amide bonds. The van der Waals surface area contributed by atoms with E-state index in [4.69, 9.17) is 0 Å². The topological polar surface area (TPSA) is 38.3 Å². The zero-order chi connectivity index (χ0) is 15.4. The lowest BCUT2D eigenvalue weighted by atomic mass is 9.97. The Labute approximate surface area is 123 Å². The Bertz CT molecular complexity index is 636. The van der Waals surface area contributed by atoms with E-state index in [2.05, 4.69) is 23.9 Å². The molecule has 0 aliphatic rings. The first-order valence-corrected chi connectivity index (χ1v) is 6.76. The number of anilines is 1. The number of carbonyl (C=O) groups excluding carboxylic acids is 1. The number of benzene rings is 2. The zero-order valence-corrected chi connectivity index (χ0v) is 12.3. The van der Waals surface area contributed by atoms with Gasteiger partial charge in [0.15, 0.2) is 0 Å². The fourth-order valence-electron chi connectivity index (χ4n) is 2.03. The Morgan fingerprint density at radius 3 is 2.38 bits per heavy atom. The van der Waals surface area contributed by atoms with Gasteiger partial charge in [-0.25, -0.2) is 9.18 Å². The summed E-state index contributed by atoms with van der Waals surface area (Å²) in [4.78, 5) is 11.1. The van der Waals surface area contributed by atoms with E-state index in [1.165, 1.54) is 13.2 Å². The van der Waals surface area contributed by atoms with Crippen molar-refractivity contribution in [1.82, 2.24) is 0 Å². The van der Waals surface area contributed by atoms with Crippen LogP contribution >= 0.6 is 0 Å². The molecule has 21 heavy (non-hydrogen) atoms. The molecule has 0 radical (unpaired) electrons. The van der Waals surface area contributed by atoms with Crippen molar-refractivity contribution in [3.05, 3.63) is 53.8 Å². The maximum absolute atomic E-state index is 14.0. The van der Waals surface area contributed by atoms with Crippen LogP contribution in [0.4, 0.5) is 14.9 Å². The van der Waals surface area contributed by atoms with Gasteiger partial charge in [0.05, 0.1) is 7.11 Å². The lowest BCUT2D eigenvalue weighted by molar-refractivity contribution is 0.187. The van der Waals surface area contributed by atoms with Crippen LogP contribution in [0, 0.1) is 5.82 Å². The van der Waals surface area contributed by atoms with Crippen LogP contribution in [0.1, 0.15) is 25.3 Å². The van der Waals surface area contributed by atoms with Gasteiger partial charge in [-0.1, -0.05) is 32.0 Å². The van der Waals surface area contributed by atoms with Crippen LogP contribution in [0.25, 0.3) is 11.1 Å². The number of hydrogen-bond acceptors (Lipinski definition) is 2. The maximum Gasteiger partial charge on any atom is 0.411 e. The van der Waals surface area contributed by atoms with Crippen molar-refractivity contribution in [2.24, 2.45) is 0 Å². The summed E-state index contributed by atoms with van der Waals surface area (Å²) in [5.74, 6) is 0.0812. The first kappa shape index (κ1) is 15.0. The third-order valence-corrected chi connectivity index (χ3v) is 3.28. The largest absolute Gasteiger partial charge is 0.453 e. The van der Waals surface area contributed by atoms with Gasteiger partial charge in [-0.2, -0.15) is 0 Å². The molecule has 0 atom stereocenters. The predicted octanol–water partition coefficient (Wildman–Crippen LogP) is 4.79. The molecule has 110 valence electrons. The van der Waals surface area contributed by atoms with Crippen molar-refractivity contribution in [2.45, 2.75) is 19.8 Å². The van der Waals surface area contributed by atoms with Crippen molar-refractivity contribution < 1.29 is 13.9 Å². The van der Waals surface area contributed by atoms with Crippen LogP contribution in [-0.4, -0.2) is 13.2 Å². The molecule has 0 saturated heterocycles. The molecule has 3 nitrogen and oxygen atoms in total. The lowest BCUT2D eigenvalue weighted by Crippen LogP contribution is -2.10. The number of methoxy groups -OCH3 is 1. The highest BCUT2D eigenvalue weighted by Crippen LogP contribution is 2.28. The highest BCUT2D eigenvalue weighted by Gasteiger charge is 2.09. The van der Waals surface area contributed by atoms with Crippen LogP contribution in [-0.2, 0) is 4.74 Å². The van der Waals surface area contributed by atoms with Crippen molar-refractivity contribution >= 4 is 11.8 Å². The summed E-state index contributed by atoms with van der Waals surface area (Å²) >= 11 is 0. The third kappa shape index (κ3) is 3.60. The van der Waals surface area contributed by atoms with Crippen molar-refractivity contribution in [2.75, 3.05) is 12.4 Å². The van der Waals surface area contributed by atoms with Crippen LogP contribution in [0.15, 0.2) is 42.5 Å². The third-order valence-electron chi connectivity index (χ3n) is 3.28. The van der Waals surface area contributed by atoms with Crippen LogP contribution in [0.2, 0.25) is 0 Å². The molecule has 0 saturated carbocycles. The smallest absolute Gasteiger partial charge is 0.411 e. The van der Waals surface area contributed by atoms with E-state index in [1.807, 2.05) is 6.07 Å². The molecule has 2 aromatic rings. The van der Waals surface area contributed by atoms with Gasteiger partial charge >= 0.3 is 6.09 Å². The summed E-state index contributed by atoms with van der Waals surface area (Å²) in [6, 6.07) is 12.1. The molecule has 0 bridgehead atoms. The lowest BCUT2D eigenvalue weighted by Gasteiger charge is -2.10. The number of halogens is 1. The van der Waals surface area contributed by atoms with E-state index in [9.17, 15) is 9.18 Å². The fourth-order valence-corrected chi connectivity index (χ4v) is 2.03. The molecule has 0 aliphatic heterocycles. The summed E-state index contributed by atoms with van der Waals surface area (Å²) in [5, 5.41) is 2.56. The normalized spacial score (nSPS) is 10.5. The molecule has 0 heterocycles. The molecule has 1 N–H and O–H groups in total. The number of carbonyl (C=O) groups is 1. The van der Waals surface area contributed by atoms with Gasteiger partial charge in [-0.3, -0.25) is 5.32 Å². The standard InChI is InChI=1S/C17H18FNO2/c1-11(2)13-6-9-16(18)15(10-13)12-4-7-14(8-5-12)19-17(20)21-3/h4-11H,1-3H3,(H,19,20). The molecule has 0 aromatic heterocycles. The maximum atomic E-state index is 14.0. The van der Waals surface area contributed by atoms with Crippen molar-refractivity contribution in [1.29, 1.82) is 0 Å². The summed E-state index contributed by atoms with van der Waals surface area (Å²) in [5.41, 5.74) is 3.02. The summed E-state index contributed by atoms with van der Waals surface area (Å²) in [7, 11) is 1.30. The van der Waals surface area contributed by atoms with E-state index < -0.39 is 6.09 Å². The minimum absolute atomic E-state index is 0.256. The fraction of sp³-hybridized carbons (Fsp3) is 0.235. The van der Waals surface area contributed by atoms with Gasteiger partial charge in [-0.15, -0.1) is 0 Å². The van der Waals surface area contributed by atoms with Gasteiger partial charge in [-0.05, 0) is 41.3 Å². The van der Waals surface area contributed by atoms with Crippen LogP contribution in [0.5, 0.6) is 0 Å². The minimum Gasteiger partial charge on any atom is -0.453 e. The Balaban J connectivity index is 2.30. The van der Waals surface area contributed by atoms with Crippen molar-refractivity contribution in [3.63, 3.8) is 0 Å². The highest BCUT2D eigenvalue weighted by atomic mass is 19.1. The van der Waals surface area contributed by atoms with E-state index in [0.29, 0.717) is 17.2 Å². The number of nitrogens with one attached hydrogen (secondary N) is 1. The Kier molecular flexibility index (Phi) is 4.58. The van der Waals surface area contributed by atoms with Gasteiger partial charge in [0.2, 0.25) is 0 Å². The molecule has 0 fully saturated rings. The highest BCUT2D eigenvalue weighted by molar-refractivity contribution is 5.85. The summed E-state index contributed by atoms with van der Waals surface area (Å²) < 4.78 is 18.5. The summed E-state index contributed by atoms with van der Waals surface area (Å²) in [6.07, 6.45) is -0.532. The average molecular weight is 287 g/mol. The van der Waals surface area contributed by atoms with Gasteiger partial charge in [0, 0.05) is 11.3 Å². The second-order valence-electron chi connectivity index (χ2n) is 5.09. The van der Waals surface area contributed by atoms with E-state index in [-0.39, 0.29) is 5.82 Å². The summed E-state index contributed by atoms with van der Waals surface area (Å²) in [6.45, 7) is 4.14. The molecular weight excluding hydrogens is 269 g/mol. The Morgan fingerprint density at radius 2 is 1.81 bits per heavy atom. The van der Waals surface area contributed by atoms with E-state index >= 15 is 0 Å². The molecule has 2 aromatic carbocycles. The molecule has 2 rings (SSSR count). The van der Waals surface area contributed by atoms with Gasteiger partial charge < -0.3 is 4.74 Å². The van der Waals surface area contributed by atoms with Gasteiger partial charge in [0.25, 0.3) is 0 Å². The molecular formula is C17H18FNO2. The van der Waals surface area contributed by atoms with Gasteiger partial charge in [0.1, 0.15) is 5.82 Å². The number of hydrogen-bond donors (Lipinski definition) is 1. The average Bonchev–Trinajstić information content (AvgIpc) is 2.48. The number of ether oxygens (including phenoxy) is 1. The number of amides is 1. The first-order valence-electron chi connectivity index (χ1n) is 6.76. The number of rotatable bonds is 3. The second kappa shape index (κ2) is 6.39. The minimum atomic E-state index is -0.532. The SMILES string of the molecule is COC(=O)Nc1ccc(-c2cc(C(C)C)ccc2F)cc1. The molecule has 0 spiro atoms.